The minimum Gasteiger partial charge on any atom is -0.463 e. The normalized spacial score (nSPS) is 20.3. The Morgan fingerprint density at radius 2 is 1.90 bits per heavy atom. The van der Waals surface area contributed by atoms with E-state index in [1.165, 1.54) is 0 Å². The molecule has 0 saturated carbocycles. The molecule has 7 heteroatoms. The van der Waals surface area contributed by atoms with Crippen molar-refractivity contribution >= 4 is 11.7 Å². The summed E-state index contributed by atoms with van der Waals surface area (Å²) >= 11 is 0. The predicted octanol–water partition coefficient (Wildman–Crippen LogP) is 2.86. The van der Waals surface area contributed by atoms with Gasteiger partial charge in [0.2, 0.25) is 5.88 Å². The topological polar surface area (TPSA) is 91.8 Å². The molecule has 1 fully saturated rings. The maximum atomic E-state index is 12.6. The van der Waals surface area contributed by atoms with Crippen molar-refractivity contribution in [1.29, 1.82) is 5.26 Å². The van der Waals surface area contributed by atoms with Crippen LogP contribution in [0.5, 0.6) is 0 Å². The number of carbonyl (C=O) groups is 1. The maximum Gasteiger partial charge on any atom is 0.338 e. The molecular formula is C23H30N4O3. The number of nitrogens with zero attached hydrogens (tertiary/aromatic N) is 3. The zero-order valence-corrected chi connectivity index (χ0v) is 18.1. The smallest absolute Gasteiger partial charge is 0.338 e. The number of allylic oxidation sites excluding steroid dienone is 2. The summed E-state index contributed by atoms with van der Waals surface area (Å²) in [6, 6.07) is 10.7. The zero-order valence-electron chi connectivity index (χ0n) is 18.1. The van der Waals surface area contributed by atoms with Gasteiger partial charge in [-0.15, -0.1) is 0 Å². The van der Waals surface area contributed by atoms with E-state index in [9.17, 15) is 10.1 Å². The van der Waals surface area contributed by atoms with Crippen LogP contribution in [0.1, 0.15) is 39.2 Å². The first-order chi connectivity index (χ1) is 14.4. The molecule has 2 aliphatic rings. The number of hydrogen-bond donors (Lipinski definition) is 1. The van der Waals surface area contributed by atoms with Gasteiger partial charge in [-0.05, 0) is 45.4 Å². The molecule has 7 nitrogen and oxygen atoms in total. The molecule has 0 aliphatic carbocycles. The largest absolute Gasteiger partial charge is 0.463 e. The summed E-state index contributed by atoms with van der Waals surface area (Å²) in [7, 11) is 0. The van der Waals surface area contributed by atoms with Crippen molar-refractivity contribution in [2.45, 2.75) is 39.7 Å². The Morgan fingerprint density at radius 1 is 1.27 bits per heavy atom. The van der Waals surface area contributed by atoms with Gasteiger partial charge in [0.15, 0.2) is 0 Å². The Kier molecular flexibility index (Phi) is 6.68. The molecule has 1 atom stereocenters. The summed E-state index contributed by atoms with van der Waals surface area (Å²) in [4.78, 5) is 17.4. The van der Waals surface area contributed by atoms with Gasteiger partial charge >= 0.3 is 5.97 Å². The number of rotatable bonds is 5. The standard InChI is InChI=1S/C23H30N4O3/c1-5-29-23(28)20-16(4)30-22(25)19(14-24)21(20)17-6-8-18(9-7-17)27-12-10-26(11-13-27)15(2)3/h6-9,15,21H,5,10-13,25H2,1-4H3. The van der Waals surface area contributed by atoms with Gasteiger partial charge < -0.3 is 20.1 Å². The highest BCUT2D eigenvalue weighted by atomic mass is 16.5. The number of nitrogens with two attached hydrogens (primary N) is 1. The molecule has 0 aromatic heterocycles. The number of esters is 1. The number of carbonyl (C=O) groups excluding carboxylic acids is 1. The molecule has 0 spiro atoms. The van der Waals surface area contributed by atoms with Gasteiger partial charge in [0, 0.05) is 37.9 Å². The quantitative estimate of drug-likeness (QED) is 0.746. The fourth-order valence-corrected chi connectivity index (χ4v) is 4.06. The van der Waals surface area contributed by atoms with Gasteiger partial charge in [0.05, 0.1) is 18.1 Å². The molecule has 0 radical (unpaired) electrons. The molecule has 160 valence electrons. The fourth-order valence-electron chi connectivity index (χ4n) is 4.06. The van der Waals surface area contributed by atoms with Crippen LogP contribution in [0.25, 0.3) is 0 Å². The number of hydrogen-bond acceptors (Lipinski definition) is 7. The second kappa shape index (κ2) is 9.23. The Morgan fingerprint density at radius 3 is 2.43 bits per heavy atom. The Balaban J connectivity index is 1.88. The molecule has 3 rings (SSSR count). The second-order valence-corrected chi connectivity index (χ2v) is 7.82. The van der Waals surface area contributed by atoms with Gasteiger partial charge in [-0.25, -0.2) is 4.79 Å². The van der Waals surface area contributed by atoms with E-state index in [0.717, 1.165) is 37.4 Å². The number of nitriles is 1. The van der Waals surface area contributed by atoms with Crippen molar-refractivity contribution in [2.24, 2.45) is 5.73 Å². The molecule has 2 heterocycles. The monoisotopic (exact) mass is 410 g/mol. The maximum absolute atomic E-state index is 12.6. The van der Waals surface area contributed by atoms with Crippen LogP contribution >= 0.6 is 0 Å². The molecule has 1 aromatic rings. The Bertz CT molecular complexity index is 888. The minimum absolute atomic E-state index is 0.0296. The molecular weight excluding hydrogens is 380 g/mol. The van der Waals surface area contributed by atoms with Crippen molar-refractivity contribution < 1.29 is 14.3 Å². The number of ether oxygens (including phenoxy) is 2. The third-order valence-corrected chi connectivity index (χ3v) is 5.74. The highest BCUT2D eigenvalue weighted by Crippen LogP contribution is 2.40. The highest BCUT2D eigenvalue weighted by Gasteiger charge is 2.36. The summed E-state index contributed by atoms with van der Waals surface area (Å²) in [5, 5.41) is 9.68. The first-order valence-electron chi connectivity index (χ1n) is 10.4. The van der Waals surface area contributed by atoms with Crippen LogP contribution < -0.4 is 10.6 Å². The third-order valence-electron chi connectivity index (χ3n) is 5.74. The van der Waals surface area contributed by atoms with Crippen LogP contribution in [-0.4, -0.2) is 49.7 Å². The van der Waals surface area contributed by atoms with Crippen LogP contribution in [0.15, 0.2) is 47.1 Å². The summed E-state index contributed by atoms with van der Waals surface area (Å²) in [6.07, 6.45) is 0. The SMILES string of the molecule is CCOC(=O)C1=C(C)OC(N)=C(C#N)C1c1ccc(N2CCN(C(C)C)CC2)cc1. The number of piperazine rings is 1. The van der Waals surface area contributed by atoms with E-state index in [0.29, 0.717) is 17.4 Å². The van der Waals surface area contributed by atoms with Gasteiger partial charge in [-0.2, -0.15) is 5.26 Å². The van der Waals surface area contributed by atoms with Crippen molar-refractivity contribution in [3.8, 4) is 6.07 Å². The van der Waals surface area contributed by atoms with Crippen molar-refractivity contribution in [3.05, 3.63) is 52.6 Å². The fraction of sp³-hybridized carbons (Fsp3) is 0.478. The van der Waals surface area contributed by atoms with E-state index in [2.05, 4.69) is 29.7 Å². The van der Waals surface area contributed by atoms with Gasteiger partial charge in [-0.3, -0.25) is 4.90 Å². The molecule has 2 N–H and O–H groups in total. The van der Waals surface area contributed by atoms with Crippen LogP contribution in [-0.2, 0) is 14.3 Å². The van der Waals surface area contributed by atoms with Gasteiger partial charge in [0.25, 0.3) is 0 Å². The number of anilines is 1. The van der Waals surface area contributed by atoms with Crippen molar-refractivity contribution in [3.63, 3.8) is 0 Å². The van der Waals surface area contributed by atoms with Crippen molar-refractivity contribution in [2.75, 3.05) is 37.7 Å². The first-order valence-corrected chi connectivity index (χ1v) is 10.4. The molecule has 0 amide bonds. The van der Waals surface area contributed by atoms with E-state index in [1.807, 2.05) is 24.3 Å². The minimum atomic E-state index is -0.602. The Hall–Kier alpha value is -2.98. The molecule has 1 unspecified atom stereocenters. The van der Waals surface area contributed by atoms with E-state index in [-0.39, 0.29) is 18.1 Å². The highest BCUT2D eigenvalue weighted by molar-refractivity contribution is 5.92. The second-order valence-electron chi connectivity index (χ2n) is 7.82. The van der Waals surface area contributed by atoms with E-state index >= 15 is 0 Å². The lowest BCUT2D eigenvalue weighted by atomic mass is 9.83. The summed E-state index contributed by atoms with van der Waals surface area (Å²) in [5.74, 6) is -0.700. The molecule has 30 heavy (non-hydrogen) atoms. The molecule has 1 saturated heterocycles. The predicted molar refractivity (Wildman–Crippen MR) is 115 cm³/mol. The van der Waals surface area contributed by atoms with Gasteiger partial charge in [-0.1, -0.05) is 12.1 Å². The Labute approximate surface area is 178 Å². The van der Waals surface area contributed by atoms with Crippen LogP contribution in [0.3, 0.4) is 0 Å². The van der Waals surface area contributed by atoms with Crippen LogP contribution in [0.2, 0.25) is 0 Å². The zero-order chi connectivity index (χ0) is 21.8. The van der Waals surface area contributed by atoms with Gasteiger partial charge in [0.1, 0.15) is 17.4 Å². The third kappa shape index (κ3) is 4.29. The van der Waals surface area contributed by atoms with E-state index < -0.39 is 11.9 Å². The van der Waals surface area contributed by atoms with E-state index in [4.69, 9.17) is 15.2 Å². The van der Waals surface area contributed by atoms with Crippen LogP contribution in [0.4, 0.5) is 5.69 Å². The van der Waals surface area contributed by atoms with E-state index in [1.54, 1.807) is 13.8 Å². The number of benzene rings is 1. The average molecular weight is 411 g/mol. The molecule has 2 aliphatic heterocycles. The lowest BCUT2D eigenvalue weighted by molar-refractivity contribution is -0.139. The first kappa shape index (κ1) is 21.7. The molecule has 0 bridgehead atoms. The summed E-state index contributed by atoms with van der Waals surface area (Å²) in [6.45, 7) is 12.1. The summed E-state index contributed by atoms with van der Waals surface area (Å²) in [5.41, 5.74) is 8.45. The lowest BCUT2D eigenvalue weighted by Gasteiger charge is -2.38. The van der Waals surface area contributed by atoms with Crippen LogP contribution in [0, 0.1) is 11.3 Å². The summed E-state index contributed by atoms with van der Waals surface area (Å²) < 4.78 is 10.7. The molecule has 1 aromatic carbocycles. The van der Waals surface area contributed by atoms with Crippen molar-refractivity contribution in [1.82, 2.24) is 4.90 Å². The lowest BCUT2D eigenvalue weighted by Crippen LogP contribution is -2.48. The average Bonchev–Trinajstić information content (AvgIpc) is 2.73.